The van der Waals surface area contributed by atoms with Crippen molar-refractivity contribution in [2.45, 2.75) is 12.8 Å². The molecule has 1 aromatic carbocycles. The highest BCUT2D eigenvalue weighted by molar-refractivity contribution is 6.28. The Hall–Kier alpha value is -2.19. The smallest absolute Gasteiger partial charge is 0.329 e. The van der Waals surface area contributed by atoms with Gasteiger partial charge in [-0.25, -0.2) is 9.97 Å². The maximum absolute atomic E-state index is 11.8. The van der Waals surface area contributed by atoms with Gasteiger partial charge in [0.15, 0.2) is 5.92 Å². The Balaban J connectivity index is 2.60. The Bertz CT molecular complexity index is 666. The van der Waals surface area contributed by atoms with E-state index in [-0.39, 0.29) is 17.6 Å². The number of rotatable bonds is 3. The zero-order chi connectivity index (χ0) is 13.8. The fourth-order valence-corrected chi connectivity index (χ4v) is 1.92. The largest absolute Gasteiger partial charge is 0.465 e. The highest BCUT2D eigenvalue weighted by Crippen LogP contribution is 2.25. The van der Waals surface area contributed by atoms with Gasteiger partial charge in [0, 0.05) is 5.39 Å². The van der Waals surface area contributed by atoms with Crippen LogP contribution >= 0.6 is 11.6 Å². The van der Waals surface area contributed by atoms with Crippen LogP contribution in [0.3, 0.4) is 0 Å². The van der Waals surface area contributed by atoms with Gasteiger partial charge in [-0.2, -0.15) is 5.26 Å². The Morgan fingerprint density at radius 1 is 1.47 bits per heavy atom. The van der Waals surface area contributed by atoms with Crippen LogP contribution in [0.25, 0.3) is 10.9 Å². The van der Waals surface area contributed by atoms with Crippen molar-refractivity contribution in [3.8, 4) is 6.07 Å². The average molecular weight is 276 g/mol. The van der Waals surface area contributed by atoms with Gasteiger partial charge in [-0.1, -0.05) is 18.2 Å². The fourth-order valence-electron chi connectivity index (χ4n) is 1.74. The third-order valence-electron chi connectivity index (χ3n) is 2.53. The minimum atomic E-state index is -1.11. The third kappa shape index (κ3) is 2.64. The van der Waals surface area contributed by atoms with Gasteiger partial charge in [0.2, 0.25) is 5.28 Å². The van der Waals surface area contributed by atoms with Gasteiger partial charge in [-0.15, -0.1) is 0 Å². The average Bonchev–Trinajstić information content (AvgIpc) is 2.39. The summed E-state index contributed by atoms with van der Waals surface area (Å²) in [6.45, 7) is 1.88. The number of hydrogen-bond donors (Lipinski definition) is 0. The summed E-state index contributed by atoms with van der Waals surface area (Å²) >= 11 is 5.82. The Kier molecular flexibility index (Phi) is 3.93. The van der Waals surface area contributed by atoms with Gasteiger partial charge in [-0.05, 0) is 24.6 Å². The topological polar surface area (TPSA) is 75.9 Å². The van der Waals surface area contributed by atoms with Gasteiger partial charge in [0.25, 0.3) is 0 Å². The van der Waals surface area contributed by atoms with Crippen molar-refractivity contribution in [2.24, 2.45) is 0 Å². The lowest BCUT2D eigenvalue weighted by molar-refractivity contribution is -0.143. The summed E-state index contributed by atoms with van der Waals surface area (Å²) < 4.78 is 4.87. The molecule has 5 nitrogen and oxygen atoms in total. The van der Waals surface area contributed by atoms with Crippen molar-refractivity contribution in [1.29, 1.82) is 5.26 Å². The Morgan fingerprint density at radius 2 is 2.21 bits per heavy atom. The molecule has 0 radical (unpaired) electrons. The van der Waals surface area contributed by atoms with Crippen molar-refractivity contribution in [3.63, 3.8) is 0 Å². The predicted octanol–water partition coefficient (Wildman–Crippen LogP) is 2.45. The first-order valence-electron chi connectivity index (χ1n) is 5.65. The van der Waals surface area contributed by atoms with Gasteiger partial charge in [0.05, 0.1) is 23.9 Å². The molecule has 1 atom stereocenters. The predicted molar refractivity (Wildman–Crippen MR) is 69.5 cm³/mol. The molecule has 1 unspecified atom stereocenters. The molecule has 19 heavy (non-hydrogen) atoms. The number of benzene rings is 1. The molecule has 0 fully saturated rings. The molecule has 0 N–H and O–H groups in total. The summed E-state index contributed by atoms with van der Waals surface area (Å²) in [6, 6.07) is 8.95. The molecule has 0 saturated heterocycles. The van der Waals surface area contributed by atoms with Crippen molar-refractivity contribution >= 4 is 28.5 Å². The lowest BCUT2D eigenvalue weighted by Gasteiger charge is -2.10. The fraction of sp³-hybridized carbons (Fsp3) is 0.231. The third-order valence-corrected chi connectivity index (χ3v) is 2.70. The standard InChI is InChI=1S/C13H10ClN3O2/c1-2-19-12(18)9(7-15)11-8-5-3-4-6-10(8)16-13(14)17-11/h3-6,9H,2H2,1H3. The molecule has 0 saturated carbocycles. The number of fused-ring (bicyclic) bond motifs is 1. The van der Waals surface area contributed by atoms with Crippen LogP contribution in [-0.4, -0.2) is 22.5 Å². The van der Waals surface area contributed by atoms with Crippen LogP contribution in [0.2, 0.25) is 5.28 Å². The SMILES string of the molecule is CCOC(=O)C(C#N)c1nc(Cl)nc2ccccc12. The molecule has 6 heteroatoms. The zero-order valence-electron chi connectivity index (χ0n) is 10.1. The lowest BCUT2D eigenvalue weighted by atomic mass is 10.0. The number of carbonyl (C=O) groups excluding carboxylic acids is 1. The monoisotopic (exact) mass is 275 g/mol. The number of halogens is 1. The van der Waals surface area contributed by atoms with Gasteiger partial charge >= 0.3 is 5.97 Å². The number of hydrogen-bond acceptors (Lipinski definition) is 5. The van der Waals surface area contributed by atoms with Gasteiger partial charge in [-0.3, -0.25) is 4.79 Å². The maximum Gasteiger partial charge on any atom is 0.329 e. The quantitative estimate of drug-likeness (QED) is 0.635. The van der Waals surface area contributed by atoms with Crippen LogP contribution in [0.15, 0.2) is 24.3 Å². The first kappa shape index (κ1) is 13.2. The van der Waals surface area contributed by atoms with Crippen LogP contribution in [0.4, 0.5) is 0 Å². The Labute approximate surface area is 114 Å². The van der Waals surface area contributed by atoms with Crippen LogP contribution in [0.5, 0.6) is 0 Å². The molecule has 0 aliphatic carbocycles. The summed E-state index contributed by atoms with van der Waals surface area (Å²) in [5, 5.41) is 9.79. The number of esters is 1. The second kappa shape index (κ2) is 5.63. The number of ether oxygens (including phenoxy) is 1. The molecule has 1 aromatic heterocycles. The number of carbonyl (C=O) groups is 1. The number of nitrogens with zero attached hydrogens (tertiary/aromatic N) is 3. The molecule has 0 amide bonds. The van der Waals surface area contributed by atoms with Gasteiger partial charge < -0.3 is 4.74 Å². The minimum absolute atomic E-state index is 0.00162. The summed E-state index contributed by atoms with van der Waals surface area (Å²) in [5.74, 6) is -1.74. The first-order chi connectivity index (χ1) is 9.17. The van der Waals surface area contributed by atoms with Gasteiger partial charge in [0.1, 0.15) is 0 Å². The zero-order valence-corrected chi connectivity index (χ0v) is 10.9. The van der Waals surface area contributed by atoms with E-state index in [9.17, 15) is 10.1 Å². The van der Waals surface area contributed by atoms with Crippen molar-refractivity contribution in [2.75, 3.05) is 6.61 Å². The molecule has 96 valence electrons. The van der Waals surface area contributed by atoms with Crippen molar-refractivity contribution in [1.82, 2.24) is 9.97 Å². The molecule has 2 rings (SSSR count). The maximum atomic E-state index is 11.8. The highest BCUT2D eigenvalue weighted by Gasteiger charge is 2.26. The molecule has 0 spiro atoms. The van der Waals surface area contributed by atoms with E-state index in [0.29, 0.717) is 10.9 Å². The molecular weight excluding hydrogens is 266 g/mol. The second-order valence-corrected chi connectivity index (χ2v) is 4.05. The number of aromatic nitrogens is 2. The molecular formula is C13H10ClN3O2. The van der Waals surface area contributed by atoms with E-state index in [1.165, 1.54) is 0 Å². The molecule has 1 heterocycles. The van der Waals surface area contributed by atoms with E-state index in [1.807, 2.05) is 6.07 Å². The summed E-state index contributed by atoms with van der Waals surface area (Å²) in [4.78, 5) is 19.8. The molecule has 0 bridgehead atoms. The van der Waals surface area contributed by atoms with E-state index in [2.05, 4.69) is 9.97 Å². The number of para-hydroxylation sites is 1. The normalized spacial score (nSPS) is 11.8. The molecule has 2 aromatic rings. The summed E-state index contributed by atoms with van der Waals surface area (Å²) in [7, 11) is 0. The second-order valence-electron chi connectivity index (χ2n) is 3.71. The summed E-state index contributed by atoms with van der Waals surface area (Å²) in [6.07, 6.45) is 0. The molecule has 0 aliphatic rings. The molecule has 0 aliphatic heterocycles. The summed E-state index contributed by atoms with van der Waals surface area (Å²) in [5.41, 5.74) is 0.860. The minimum Gasteiger partial charge on any atom is -0.465 e. The highest BCUT2D eigenvalue weighted by atomic mass is 35.5. The van der Waals surface area contributed by atoms with E-state index < -0.39 is 11.9 Å². The van der Waals surface area contributed by atoms with Crippen molar-refractivity contribution < 1.29 is 9.53 Å². The van der Waals surface area contributed by atoms with E-state index in [0.717, 1.165) is 0 Å². The van der Waals surface area contributed by atoms with Crippen LogP contribution in [0.1, 0.15) is 18.5 Å². The number of nitriles is 1. The first-order valence-corrected chi connectivity index (χ1v) is 6.03. The van der Waals surface area contributed by atoms with E-state index in [1.54, 1.807) is 31.2 Å². The van der Waals surface area contributed by atoms with E-state index >= 15 is 0 Å². The van der Waals surface area contributed by atoms with Crippen LogP contribution in [-0.2, 0) is 9.53 Å². The van der Waals surface area contributed by atoms with Crippen LogP contribution < -0.4 is 0 Å². The Morgan fingerprint density at radius 3 is 2.89 bits per heavy atom. The van der Waals surface area contributed by atoms with Crippen LogP contribution in [0, 0.1) is 11.3 Å². The van der Waals surface area contributed by atoms with E-state index in [4.69, 9.17) is 16.3 Å². The van der Waals surface area contributed by atoms with Crippen molar-refractivity contribution in [3.05, 3.63) is 35.2 Å². The lowest BCUT2D eigenvalue weighted by Crippen LogP contribution is -2.16.